The predicted molar refractivity (Wildman–Crippen MR) is 88.2 cm³/mol. The predicted octanol–water partition coefficient (Wildman–Crippen LogP) is 3.33. The summed E-state index contributed by atoms with van der Waals surface area (Å²) in [6, 6.07) is 13.1. The summed E-state index contributed by atoms with van der Waals surface area (Å²) in [6.45, 7) is 0.582. The number of imidazole rings is 1. The van der Waals surface area contributed by atoms with Gasteiger partial charge in [0.2, 0.25) is 0 Å². The van der Waals surface area contributed by atoms with Crippen molar-refractivity contribution in [1.82, 2.24) is 9.55 Å². The largest absolute Gasteiger partial charge is 0.497 e. The van der Waals surface area contributed by atoms with Crippen molar-refractivity contribution in [3.63, 3.8) is 0 Å². The lowest BCUT2D eigenvalue weighted by molar-refractivity contribution is 0.0977. The molecule has 23 heavy (non-hydrogen) atoms. The summed E-state index contributed by atoms with van der Waals surface area (Å²) in [5.41, 5.74) is 2.55. The first-order valence-electron chi connectivity index (χ1n) is 7.37. The summed E-state index contributed by atoms with van der Waals surface area (Å²) < 4.78 is 12.4. The second-order valence-corrected chi connectivity index (χ2v) is 5.20. The van der Waals surface area contributed by atoms with Gasteiger partial charge in [-0.15, -0.1) is 0 Å². The van der Waals surface area contributed by atoms with Gasteiger partial charge in [0.05, 0.1) is 31.6 Å². The van der Waals surface area contributed by atoms with Crippen LogP contribution in [-0.4, -0.2) is 29.6 Å². The van der Waals surface area contributed by atoms with E-state index in [1.165, 1.54) is 0 Å². The summed E-state index contributed by atoms with van der Waals surface area (Å²) in [5, 5.41) is 0. The number of ketones is 1. The standard InChI is InChI=1S/C18H18N2O3/c1-22-14-9-13(10-15(11-14)23-2)18(21)7-8-20-12-19-16-5-3-4-6-17(16)20/h3-6,9-12H,7-8H2,1-2H3. The van der Waals surface area contributed by atoms with Crippen molar-refractivity contribution in [2.75, 3.05) is 14.2 Å². The maximum absolute atomic E-state index is 12.5. The Morgan fingerprint density at radius 2 is 1.78 bits per heavy atom. The maximum atomic E-state index is 12.5. The smallest absolute Gasteiger partial charge is 0.164 e. The van der Waals surface area contributed by atoms with E-state index in [0.29, 0.717) is 30.0 Å². The van der Waals surface area contributed by atoms with Crippen LogP contribution in [0.15, 0.2) is 48.8 Å². The monoisotopic (exact) mass is 310 g/mol. The number of rotatable bonds is 6. The van der Waals surface area contributed by atoms with Gasteiger partial charge in [0.1, 0.15) is 11.5 Å². The maximum Gasteiger partial charge on any atom is 0.164 e. The van der Waals surface area contributed by atoms with Gasteiger partial charge in [-0.1, -0.05) is 12.1 Å². The minimum absolute atomic E-state index is 0.0416. The molecule has 3 rings (SSSR count). The number of carbonyl (C=O) groups excluding carboxylic acids is 1. The van der Waals surface area contributed by atoms with Crippen molar-refractivity contribution in [2.45, 2.75) is 13.0 Å². The van der Waals surface area contributed by atoms with Crippen molar-refractivity contribution in [3.8, 4) is 11.5 Å². The topological polar surface area (TPSA) is 53.4 Å². The molecule has 118 valence electrons. The number of hydrogen-bond acceptors (Lipinski definition) is 4. The third kappa shape index (κ3) is 3.18. The molecule has 0 atom stereocenters. The van der Waals surface area contributed by atoms with Crippen LogP contribution in [-0.2, 0) is 6.54 Å². The Hall–Kier alpha value is -2.82. The lowest BCUT2D eigenvalue weighted by atomic mass is 10.1. The molecular formula is C18H18N2O3. The van der Waals surface area contributed by atoms with Crippen LogP contribution in [0.5, 0.6) is 11.5 Å². The van der Waals surface area contributed by atoms with E-state index < -0.39 is 0 Å². The molecule has 1 aromatic heterocycles. The summed E-state index contributed by atoms with van der Waals surface area (Å²) in [6.07, 6.45) is 2.15. The van der Waals surface area contributed by atoms with Crippen molar-refractivity contribution < 1.29 is 14.3 Å². The van der Waals surface area contributed by atoms with Crippen LogP contribution in [0.4, 0.5) is 0 Å². The average Bonchev–Trinajstić information content (AvgIpc) is 3.02. The van der Waals surface area contributed by atoms with Crippen LogP contribution in [0.1, 0.15) is 16.8 Å². The number of hydrogen-bond donors (Lipinski definition) is 0. The Morgan fingerprint density at radius 3 is 2.48 bits per heavy atom. The van der Waals surface area contributed by atoms with Gasteiger partial charge >= 0.3 is 0 Å². The second kappa shape index (κ2) is 6.52. The number of benzene rings is 2. The van der Waals surface area contributed by atoms with Crippen molar-refractivity contribution in [2.24, 2.45) is 0 Å². The molecule has 0 bridgehead atoms. The minimum Gasteiger partial charge on any atom is -0.497 e. The number of methoxy groups -OCH3 is 2. The van der Waals surface area contributed by atoms with Gasteiger partial charge in [-0.2, -0.15) is 0 Å². The molecule has 5 nitrogen and oxygen atoms in total. The Labute approximate surface area is 134 Å². The molecule has 0 aliphatic heterocycles. The van der Waals surface area contributed by atoms with Gasteiger partial charge in [-0.25, -0.2) is 4.98 Å². The van der Waals surface area contributed by atoms with E-state index in [2.05, 4.69) is 4.98 Å². The van der Waals surface area contributed by atoms with E-state index in [1.807, 2.05) is 28.8 Å². The molecular weight excluding hydrogens is 292 g/mol. The highest BCUT2D eigenvalue weighted by Crippen LogP contribution is 2.23. The molecule has 1 heterocycles. The fraction of sp³-hybridized carbons (Fsp3) is 0.222. The second-order valence-electron chi connectivity index (χ2n) is 5.20. The highest BCUT2D eigenvalue weighted by molar-refractivity contribution is 5.96. The lowest BCUT2D eigenvalue weighted by Gasteiger charge is -2.08. The lowest BCUT2D eigenvalue weighted by Crippen LogP contribution is -2.06. The Kier molecular flexibility index (Phi) is 4.28. The first-order valence-corrected chi connectivity index (χ1v) is 7.37. The van der Waals surface area contributed by atoms with E-state index in [9.17, 15) is 4.79 Å². The van der Waals surface area contributed by atoms with Crippen LogP contribution >= 0.6 is 0 Å². The highest BCUT2D eigenvalue weighted by atomic mass is 16.5. The molecule has 0 spiro atoms. The fourth-order valence-corrected chi connectivity index (χ4v) is 2.52. The van der Waals surface area contributed by atoms with Gasteiger partial charge in [0, 0.05) is 24.6 Å². The normalized spacial score (nSPS) is 10.7. The molecule has 0 unspecified atom stereocenters. The number of para-hydroxylation sites is 2. The number of ether oxygens (including phenoxy) is 2. The number of fused-ring (bicyclic) bond motifs is 1. The van der Waals surface area contributed by atoms with E-state index >= 15 is 0 Å². The van der Waals surface area contributed by atoms with Crippen LogP contribution in [0.25, 0.3) is 11.0 Å². The summed E-state index contributed by atoms with van der Waals surface area (Å²) in [7, 11) is 3.14. The Bertz CT molecular complexity index is 817. The number of Topliss-reactive ketones (excluding diaryl/α,β-unsaturated/α-hetero) is 1. The van der Waals surface area contributed by atoms with Crippen molar-refractivity contribution in [1.29, 1.82) is 0 Å². The summed E-state index contributed by atoms with van der Waals surface area (Å²) >= 11 is 0. The van der Waals surface area contributed by atoms with E-state index in [-0.39, 0.29) is 5.78 Å². The summed E-state index contributed by atoms with van der Waals surface area (Å²) in [4.78, 5) is 16.8. The Morgan fingerprint density at radius 1 is 1.09 bits per heavy atom. The zero-order valence-corrected chi connectivity index (χ0v) is 13.2. The van der Waals surface area contributed by atoms with Crippen molar-refractivity contribution >= 4 is 16.8 Å². The van der Waals surface area contributed by atoms with Gasteiger partial charge in [-0.3, -0.25) is 4.79 Å². The highest BCUT2D eigenvalue weighted by Gasteiger charge is 2.11. The molecule has 0 radical (unpaired) electrons. The van der Waals surface area contributed by atoms with Gasteiger partial charge in [0.15, 0.2) is 5.78 Å². The first kappa shape index (κ1) is 15.1. The SMILES string of the molecule is COc1cc(OC)cc(C(=O)CCn2cnc3ccccc32)c1. The molecule has 2 aromatic carbocycles. The van der Waals surface area contributed by atoms with Crippen LogP contribution in [0, 0.1) is 0 Å². The number of aromatic nitrogens is 2. The zero-order chi connectivity index (χ0) is 16.2. The Balaban J connectivity index is 1.77. The van der Waals surface area contributed by atoms with Gasteiger partial charge in [-0.05, 0) is 24.3 Å². The molecule has 5 heteroatoms. The molecule has 0 aliphatic carbocycles. The molecule has 0 N–H and O–H groups in total. The molecule has 0 saturated heterocycles. The molecule has 0 amide bonds. The molecule has 3 aromatic rings. The number of aryl methyl sites for hydroxylation is 1. The first-order chi connectivity index (χ1) is 11.2. The molecule has 0 aliphatic rings. The summed E-state index contributed by atoms with van der Waals surface area (Å²) in [5.74, 6) is 1.27. The quantitative estimate of drug-likeness (QED) is 0.655. The third-order valence-corrected chi connectivity index (χ3v) is 3.78. The van der Waals surface area contributed by atoms with E-state index in [4.69, 9.17) is 9.47 Å². The van der Waals surface area contributed by atoms with E-state index in [0.717, 1.165) is 11.0 Å². The van der Waals surface area contributed by atoms with Crippen LogP contribution < -0.4 is 9.47 Å². The average molecular weight is 310 g/mol. The number of carbonyl (C=O) groups is 1. The van der Waals surface area contributed by atoms with Crippen LogP contribution in [0.2, 0.25) is 0 Å². The van der Waals surface area contributed by atoms with Gasteiger partial charge < -0.3 is 14.0 Å². The fourth-order valence-electron chi connectivity index (χ4n) is 2.52. The third-order valence-electron chi connectivity index (χ3n) is 3.78. The van der Waals surface area contributed by atoms with Gasteiger partial charge in [0.25, 0.3) is 0 Å². The van der Waals surface area contributed by atoms with Crippen LogP contribution in [0.3, 0.4) is 0 Å². The number of nitrogens with zero attached hydrogens (tertiary/aromatic N) is 2. The molecule has 0 fully saturated rings. The van der Waals surface area contributed by atoms with Crippen molar-refractivity contribution in [3.05, 3.63) is 54.4 Å². The van der Waals surface area contributed by atoms with E-state index in [1.54, 1.807) is 38.7 Å². The minimum atomic E-state index is 0.0416. The zero-order valence-electron chi connectivity index (χ0n) is 13.2. The molecule has 0 saturated carbocycles.